The lowest BCUT2D eigenvalue weighted by molar-refractivity contribution is 0.111. The van der Waals surface area contributed by atoms with Gasteiger partial charge in [0.1, 0.15) is 5.69 Å². The summed E-state index contributed by atoms with van der Waals surface area (Å²) in [7, 11) is 0. The standard InChI is InChI=1S/C11H16N2O/c1-3-13(4-2)8-10-6-5-7-11(9-14)12-10/h5-7,9H,3-4,8H2,1-2H3. The van der Waals surface area contributed by atoms with Crippen molar-refractivity contribution in [2.24, 2.45) is 0 Å². The zero-order valence-electron chi connectivity index (χ0n) is 8.73. The van der Waals surface area contributed by atoms with Crippen molar-refractivity contribution < 1.29 is 4.79 Å². The van der Waals surface area contributed by atoms with Crippen molar-refractivity contribution >= 4 is 6.29 Å². The summed E-state index contributed by atoms with van der Waals surface area (Å²) in [5.41, 5.74) is 1.47. The monoisotopic (exact) mass is 192 g/mol. The maximum atomic E-state index is 10.5. The molecule has 0 fully saturated rings. The maximum absolute atomic E-state index is 10.5. The van der Waals surface area contributed by atoms with Crippen molar-refractivity contribution in [2.75, 3.05) is 13.1 Å². The number of rotatable bonds is 5. The number of nitrogens with zero attached hydrogens (tertiary/aromatic N) is 2. The summed E-state index contributed by atoms with van der Waals surface area (Å²) >= 11 is 0. The van der Waals surface area contributed by atoms with Crippen LogP contribution in [0.4, 0.5) is 0 Å². The van der Waals surface area contributed by atoms with Crippen molar-refractivity contribution in [1.29, 1.82) is 0 Å². The van der Waals surface area contributed by atoms with Crippen LogP contribution in [-0.2, 0) is 6.54 Å². The molecule has 0 aliphatic heterocycles. The SMILES string of the molecule is CCN(CC)Cc1cccc(C=O)n1. The van der Waals surface area contributed by atoms with Crippen LogP contribution in [0, 0.1) is 0 Å². The Hall–Kier alpha value is -1.22. The van der Waals surface area contributed by atoms with Crippen molar-refractivity contribution in [3.8, 4) is 0 Å². The van der Waals surface area contributed by atoms with E-state index in [1.165, 1.54) is 0 Å². The molecule has 0 amide bonds. The predicted molar refractivity (Wildman–Crippen MR) is 56.2 cm³/mol. The van der Waals surface area contributed by atoms with Gasteiger partial charge in [-0.3, -0.25) is 9.69 Å². The lowest BCUT2D eigenvalue weighted by Crippen LogP contribution is -2.22. The highest BCUT2D eigenvalue weighted by Gasteiger charge is 2.02. The van der Waals surface area contributed by atoms with E-state index in [0.717, 1.165) is 31.6 Å². The van der Waals surface area contributed by atoms with Gasteiger partial charge in [-0.2, -0.15) is 0 Å². The van der Waals surface area contributed by atoms with Crippen molar-refractivity contribution in [3.63, 3.8) is 0 Å². The quantitative estimate of drug-likeness (QED) is 0.666. The van der Waals surface area contributed by atoms with E-state index in [1.807, 2.05) is 12.1 Å². The van der Waals surface area contributed by atoms with Crippen LogP contribution in [0.1, 0.15) is 30.0 Å². The summed E-state index contributed by atoms with van der Waals surface area (Å²) in [6, 6.07) is 5.54. The van der Waals surface area contributed by atoms with Gasteiger partial charge in [-0.1, -0.05) is 19.9 Å². The largest absolute Gasteiger partial charge is 0.298 e. The van der Waals surface area contributed by atoms with Crippen LogP contribution in [0.2, 0.25) is 0 Å². The number of aromatic nitrogens is 1. The van der Waals surface area contributed by atoms with E-state index in [1.54, 1.807) is 6.07 Å². The predicted octanol–water partition coefficient (Wildman–Crippen LogP) is 1.74. The van der Waals surface area contributed by atoms with E-state index in [0.29, 0.717) is 5.69 Å². The molecule has 0 radical (unpaired) electrons. The fraction of sp³-hybridized carbons (Fsp3) is 0.455. The van der Waals surface area contributed by atoms with Gasteiger partial charge in [-0.15, -0.1) is 0 Å². The summed E-state index contributed by atoms with van der Waals surface area (Å²) in [5.74, 6) is 0. The number of carbonyl (C=O) groups is 1. The maximum Gasteiger partial charge on any atom is 0.168 e. The molecule has 14 heavy (non-hydrogen) atoms. The molecule has 0 bridgehead atoms. The average molecular weight is 192 g/mol. The molecule has 3 heteroatoms. The molecular weight excluding hydrogens is 176 g/mol. The fourth-order valence-corrected chi connectivity index (χ4v) is 1.33. The molecule has 0 spiro atoms. The van der Waals surface area contributed by atoms with Gasteiger partial charge in [-0.25, -0.2) is 4.98 Å². The van der Waals surface area contributed by atoms with Crippen LogP contribution in [0.25, 0.3) is 0 Å². The Kier molecular flexibility index (Phi) is 4.26. The highest BCUT2D eigenvalue weighted by molar-refractivity contribution is 5.71. The molecule has 0 saturated carbocycles. The van der Waals surface area contributed by atoms with Gasteiger partial charge in [0.15, 0.2) is 6.29 Å². The van der Waals surface area contributed by atoms with Crippen LogP contribution < -0.4 is 0 Å². The zero-order chi connectivity index (χ0) is 10.4. The van der Waals surface area contributed by atoms with Crippen molar-refractivity contribution in [3.05, 3.63) is 29.6 Å². The van der Waals surface area contributed by atoms with Gasteiger partial charge in [0.2, 0.25) is 0 Å². The second-order valence-electron chi connectivity index (χ2n) is 3.13. The average Bonchev–Trinajstić information content (AvgIpc) is 2.26. The molecule has 0 N–H and O–H groups in total. The van der Waals surface area contributed by atoms with E-state index < -0.39 is 0 Å². The Morgan fingerprint density at radius 1 is 1.36 bits per heavy atom. The topological polar surface area (TPSA) is 33.2 Å². The summed E-state index contributed by atoms with van der Waals surface area (Å²) in [6.45, 7) is 7.06. The summed E-state index contributed by atoms with van der Waals surface area (Å²) in [4.78, 5) is 17.0. The smallest absolute Gasteiger partial charge is 0.168 e. The van der Waals surface area contributed by atoms with Crippen LogP contribution in [-0.4, -0.2) is 29.3 Å². The lowest BCUT2D eigenvalue weighted by atomic mass is 10.3. The number of carbonyl (C=O) groups excluding carboxylic acids is 1. The molecule has 0 saturated heterocycles. The van der Waals surface area contributed by atoms with Crippen LogP contribution in [0.3, 0.4) is 0 Å². The van der Waals surface area contributed by atoms with Crippen molar-refractivity contribution in [1.82, 2.24) is 9.88 Å². The lowest BCUT2D eigenvalue weighted by Gasteiger charge is -2.17. The Bertz CT molecular complexity index is 295. The highest BCUT2D eigenvalue weighted by Crippen LogP contribution is 2.02. The molecule has 1 aromatic rings. The van der Waals surface area contributed by atoms with Crippen LogP contribution in [0.15, 0.2) is 18.2 Å². The molecular formula is C11H16N2O. The third kappa shape index (κ3) is 2.92. The van der Waals surface area contributed by atoms with Gasteiger partial charge in [0.25, 0.3) is 0 Å². The number of aldehydes is 1. The fourth-order valence-electron chi connectivity index (χ4n) is 1.33. The van der Waals surface area contributed by atoms with Crippen LogP contribution in [0.5, 0.6) is 0 Å². The number of hydrogen-bond donors (Lipinski definition) is 0. The Labute approximate surface area is 84.8 Å². The minimum atomic E-state index is 0.509. The second-order valence-corrected chi connectivity index (χ2v) is 3.13. The van der Waals surface area contributed by atoms with Gasteiger partial charge in [0, 0.05) is 6.54 Å². The minimum Gasteiger partial charge on any atom is -0.298 e. The minimum absolute atomic E-state index is 0.509. The molecule has 0 unspecified atom stereocenters. The van der Waals surface area contributed by atoms with Gasteiger partial charge in [0.05, 0.1) is 5.69 Å². The molecule has 1 rings (SSSR count). The molecule has 1 heterocycles. The van der Waals surface area contributed by atoms with Crippen molar-refractivity contribution in [2.45, 2.75) is 20.4 Å². The molecule has 0 atom stereocenters. The zero-order valence-corrected chi connectivity index (χ0v) is 8.73. The molecule has 0 aliphatic carbocycles. The Morgan fingerprint density at radius 3 is 2.64 bits per heavy atom. The Balaban J connectivity index is 2.70. The molecule has 0 aromatic carbocycles. The van der Waals surface area contributed by atoms with E-state index in [9.17, 15) is 4.79 Å². The first kappa shape index (κ1) is 10.9. The van der Waals surface area contributed by atoms with E-state index >= 15 is 0 Å². The van der Waals surface area contributed by atoms with E-state index in [4.69, 9.17) is 0 Å². The first-order chi connectivity index (χ1) is 6.80. The summed E-state index contributed by atoms with van der Waals surface area (Å²) in [6.07, 6.45) is 0.783. The first-order valence-electron chi connectivity index (χ1n) is 4.93. The molecule has 0 aliphatic rings. The molecule has 76 valence electrons. The van der Waals surface area contributed by atoms with Gasteiger partial charge >= 0.3 is 0 Å². The van der Waals surface area contributed by atoms with E-state index in [-0.39, 0.29) is 0 Å². The highest BCUT2D eigenvalue weighted by atomic mass is 16.1. The molecule has 1 aromatic heterocycles. The van der Waals surface area contributed by atoms with E-state index in [2.05, 4.69) is 23.7 Å². The van der Waals surface area contributed by atoms with Gasteiger partial charge in [-0.05, 0) is 25.2 Å². The molecule has 3 nitrogen and oxygen atoms in total. The first-order valence-corrected chi connectivity index (χ1v) is 4.93. The van der Waals surface area contributed by atoms with Gasteiger partial charge < -0.3 is 0 Å². The summed E-state index contributed by atoms with van der Waals surface area (Å²) < 4.78 is 0. The normalized spacial score (nSPS) is 10.5. The number of hydrogen-bond acceptors (Lipinski definition) is 3. The van der Waals surface area contributed by atoms with Crippen LogP contribution >= 0.6 is 0 Å². The second kappa shape index (κ2) is 5.50. The summed E-state index contributed by atoms with van der Waals surface area (Å²) in [5, 5.41) is 0. The number of pyridine rings is 1. The third-order valence-corrected chi connectivity index (χ3v) is 2.23. The Morgan fingerprint density at radius 2 is 2.07 bits per heavy atom. The third-order valence-electron chi connectivity index (χ3n) is 2.23.